The standard InChI is InChI=1S/C51H39NO/c1-49(2,3)30-22-24-36-43(26-30)50(4,5)44-28-38-33-15-7-11-19-41(33)51(45(38)29-39(44)48(36)53)40-18-10-6-14-32(40)37-27-31(23-25-42(37)51)52-46-20-12-8-16-34(46)35-17-9-13-21-47(35)52/h6-29H,1-5H3. The first-order valence-corrected chi connectivity index (χ1v) is 18.8. The van der Waals surface area contributed by atoms with Crippen molar-refractivity contribution in [3.05, 3.63) is 196 Å². The van der Waals surface area contributed by atoms with E-state index in [0.29, 0.717) is 0 Å². The van der Waals surface area contributed by atoms with Gasteiger partial charge in [-0.05, 0) is 103 Å². The summed E-state index contributed by atoms with van der Waals surface area (Å²) in [4.78, 5) is 14.7. The number of rotatable bonds is 1. The maximum atomic E-state index is 14.7. The van der Waals surface area contributed by atoms with Crippen LogP contribution in [-0.2, 0) is 16.2 Å². The van der Waals surface area contributed by atoms with Gasteiger partial charge < -0.3 is 4.57 Å². The molecule has 3 aliphatic rings. The quantitative estimate of drug-likeness (QED) is 0.169. The lowest BCUT2D eigenvalue weighted by Crippen LogP contribution is -2.32. The maximum absolute atomic E-state index is 14.7. The Morgan fingerprint density at radius 3 is 1.62 bits per heavy atom. The molecule has 1 unspecified atom stereocenters. The number of carbonyl (C=O) groups is 1. The van der Waals surface area contributed by atoms with Crippen LogP contribution in [0.15, 0.2) is 146 Å². The van der Waals surface area contributed by atoms with Gasteiger partial charge in [-0.3, -0.25) is 4.79 Å². The van der Waals surface area contributed by atoms with E-state index >= 15 is 0 Å². The van der Waals surface area contributed by atoms with Crippen molar-refractivity contribution in [1.82, 2.24) is 4.57 Å². The molecule has 0 N–H and O–H groups in total. The molecule has 0 radical (unpaired) electrons. The van der Waals surface area contributed by atoms with Crippen LogP contribution in [0, 0.1) is 0 Å². The van der Waals surface area contributed by atoms with Gasteiger partial charge >= 0.3 is 0 Å². The molecule has 11 rings (SSSR count). The zero-order chi connectivity index (χ0) is 36.0. The lowest BCUT2D eigenvalue weighted by atomic mass is 9.65. The van der Waals surface area contributed by atoms with Gasteiger partial charge in [0.1, 0.15) is 0 Å². The van der Waals surface area contributed by atoms with Gasteiger partial charge in [0.05, 0.1) is 16.4 Å². The molecule has 2 nitrogen and oxygen atoms in total. The van der Waals surface area contributed by atoms with Crippen LogP contribution in [0.4, 0.5) is 0 Å². The third kappa shape index (κ3) is 3.76. The number of carbonyl (C=O) groups excluding carboxylic acids is 1. The van der Waals surface area contributed by atoms with Crippen molar-refractivity contribution in [3.8, 4) is 27.9 Å². The monoisotopic (exact) mass is 681 g/mol. The number of para-hydroxylation sites is 2. The van der Waals surface area contributed by atoms with Crippen molar-refractivity contribution in [2.45, 2.75) is 50.9 Å². The Hall–Kier alpha value is -5.99. The van der Waals surface area contributed by atoms with E-state index < -0.39 is 5.41 Å². The minimum atomic E-state index is -0.549. The van der Waals surface area contributed by atoms with Crippen LogP contribution in [0.3, 0.4) is 0 Å². The molecule has 0 saturated heterocycles. The molecule has 7 aromatic carbocycles. The predicted octanol–water partition coefficient (Wildman–Crippen LogP) is 12.3. The Balaban J connectivity index is 1.19. The first kappa shape index (κ1) is 30.6. The second-order valence-electron chi connectivity index (χ2n) is 16.8. The summed E-state index contributed by atoms with van der Waals surface area (Å²) >= 11 is 0. The van der Waals surface area contributed by atoms with Gasteiger partial charge in [0.25, 0.3) is 0 Å². The minimum Gasteiger partial charge on any atom is -0.309 e. The molecule has 0 amide bonds. The zero-order valence-electron chi connectivity index (χ0n) is 30.7. The second kappa shape index (κ2) is 10.1. The summed E-state index contributed by atoms with van der Waals surface area (Å²) in [6, 6.07) is 53.6. The van der Waals surface area contributed by atoms with Gasteiger partial charge in [-0.2, -0.15) is 0 Å². The average Bonchev–Trinajstić information content (AvgIpc) is 3.77. The van der Waals surface area contributed by atoms with E-state index in [2.05, 4.69) is 185 Å². The molecule has 53 heavy (non-hydrogen) atoms. The average molecular weight is 682 g/mol. The Morgan fingerprint density at radius 2 is 0.981 bits per heavy atom. The topological polar surface area (TPSA) is 22.0 Å². The highest BCUT2D eigenvalue weighted by Crippen LogP contribution is 2.64. The summed E-state index contributed by atoms with van der Waals surface area (Å²) in [5, 5.41) is 2.51. The molecule has 254 valence electrons. The van der Waals surface area contributed by atoms with E-state index in [0.717, 1.165) is 27.9 Å². The number of benzene rings is 7. The van der Waals surface area contributed by atoms with E-state index in [1.807, 2.05) is 0 Å². The fourth-order valence-corrected chi connectivity index (χ4v) is 10.2. The molecule has 0 aliphatic heterocycles. The SMILES string of the molecule is CC(C)(C)c1ccc2c(c1)C(C)(C)c1cc3c(cc1C2=O)C1(c2ccccc2-c2cc(-n4c5ccccc5c5ccccc54)ccc21)c1ccccc1-3. The van der Waals surface area contributed by atoms with E-state index in [9.17, 15) is 4.79 Å². The van der Waals surface area contributed by atoms with Crippen molar-refractivity contribution < 1.29 is 4.79 Å². The van der Waals surface area contributed by atoms with Crippen LogP contribution in [-0.4, -0.2) is 10.4 Å². The number of nitrogens with zero attached hydrogens (tertiary/aromatic N) is 1. The minimum absolute atomic E-state index is 0.0115. The molecule has 0 saturated carbocycles. The summed E-state index contributed by atoms with van der Waals surface area (Å²) in [6.45, 7) is 11.3. The van der Waals surface area contributed by atoms with Crippen LogP contribution in [0.2, 0.25) is 0 Å². The molecule has 1 atom stereocenters. The van der Waals surface area contributed by atoms with Crippen LogP contribution in [0.1, 0.15) is 89.5 Å². The summed E-state index contributed by atoms with van der Waals surface area (Å²) in [7, 11) is 0. The predicted molar refractivity (Wildman–Crippen MR) is 218 cm³/mol. The Labute approximate surface area is 310 Å². The molecule has 0 bridgehead atoms. The molecule has 2 heteroatoms. The van der Waals surface area contributed by atoms with Gasteiger partial charge in [-0.15, -0.1) is 0 Å². The number of aromatic nitrogens is 1. The summed E-state index contributed by atoms with van der Waals surface area (Å²) in [5.41, 5.74) is 17.8. The number of fused-ring (bicyclic) bond motifs is 15. The lowest BCUT2D eigenvalue weighted by Gasteiger charge is -2.37. The Kier molecular flexibility index (Phi) is 5.84. The molecular formula is C51H39NO. The number of hydrogen-bond acceptors (Lipinski definition) is 1. The Morgan fingerprint density at radius 1 is 0.453 bits per heavy atom. The van der Waals surface area contributed by atoms with E-state index in [1.54, 1.807) is 0 Å². The maximum Gasteiger partial charge on any atom is 0.193 e. The highest BCUT2D eigenvalue weighted by atomic mass is 16.1. The van der Waals surface area contributed by atoms with Crippen LogP contribution < -0.4 is 0 Å². The first-order chi connectivity index (χ1) is 25.6. The third-order valence-corrected chi connectivity index (χ3v) is 12.8. The highest BCUT2D eigenvalue weighted by molar-refractivity contribution is 6.14. The molecule has 3 aliphatic carbocycles. The van der Waals surface area contributed by atoms with Crippen LogP contribution in [0.5, 0.6) is 0 Å². The third-order valence-electron chi connectivity index (χ3n) is 12.8. The molecule has 0 fully saturated rings. The molecule has 1 spiro atoms. The van der Waals surface area contributed by atoms with Gasteiger partial charge in [0.15, 0.2) is 5.78 Å². The zero-order valence-corrected chi connectivity index (χ0v) is 30.7. The summed E-state index contributed by atoms with van der Waals surface area (Å²) in [5.74, 6) is 0.122. The molecular weight excluding hydrogens is 643 g/mol. The lowest BCUT2D eigenvalue weighted by molar-refractivity contribution is 0.103. The molecule has 1 heterocycles. The van der Waals surface area contributed by atoms with Gasteiger partial charge in [-0.1, -0.05) is 144 Å². The fraction of sp³-hybridized carbons (Fsp3) is 0.157. The van der Waals surface area contributed by atoms with Crippen molar-refractivity contribution in [2.75, 3.05) is 0 Å². The van der Waals surface area contributed by atoms with Crippen LogP contribution in [0.25, 0.3) is 49.7 Å². The van der Waals surface area contributed by atoms with E-state index in [1.165, 1.54) is 71.9 Å². The summed E-state index contributed by atoms with van der Waals surface area (Å²) < 4.78 is 2.41. The van der Waals surface area contributed by atoms with Crippen molar-refractivity contribution >= 4 is 27.6 Å². The number of hydrogen-bond donors (Lipinski definition) is 0. The van der Waals surface area contributed by atoms with Crippen molar-refractivity contribution in [3.63, 3.8) is 0 Å². The summed E-state index contributed by atoms with van der Waals surface area (Å²) in [6.07, 6.45) is 0. The van der Waals surface area contributed by atoms with E-state index in [-0.39, 0.29) is 16.6 Å². The van der Waals surface area contributed by atoms with E-state index in [4.69, 9.17) is 0 Å². The second-order valence-corrected chi connectivity index (χ2v) is 16.8. The highest BCUT2D eigenvalue weighted by Gasteiger charge is 2.53. The fourth-order valence-electron chi connectivity index (χ4n) is 10.2. The Bertz CT molecular complexity index is 2880. The normalized spacial score (nSPS) is 17.4. The largest absolute Gasteiger partial charge is 0.309 e. The van der Waals surface area contributed by atoms with Crippen LogP contribution >= 0.6 is 0 Å². The van der Waals surface area contributed by atoms with Crippen molar-refractivity contribution in [1.29, 1.82) is 0 Å². The smallest absolute Gasteiger partial charge is 0.193 e. The van der Waals surface area contributed by atoms with Gasteiger partial charge in [0, 0.05) is 33.0 Å². The van der Waals surface area contributed by atoms with Crippen molar-refractivity contribution in [2.24, 2.45) is 0 Å². The molecule has 8 aromatic rings. The number of ketones is 1. The first-order valence-electron chi connectivity index (χ1n) is 18.8. The van der Waals surface area contributed by atoms with Gasteiger partial charge in [-0.25, -0.2) is 0 Å². The van der Waals surface area contributed by atoms with Gasteiger partial charge in [0.2, 0.25) is 0 Å². The molecule has 1 aromatic heterocycles.